The Morgan fingerprint density at radius 1 is 1.15 bits per heavy atom. The zero-order valence-corrected chi connectivity index (χ0v) is 18.2. The van der Waals surface area contributed by atoms with Crippen LogP contribution in [0.5, 0.6) is 0 Å². The van der Waals surface area contributed by atoms with Crippen LogP contribution >= 0.6 is 0 Å². The van der Waals surface area contributed by atoms with Gasteiger partial charge in [0.25, 0.3) is 5.91 Å². The molecule has 1 aromatic carbocycles. The first-order valence-corrected chi connectivity index (χ1v) is 11.2. The van der Waals surface area contributed by atoms with Crippen LogP contribution in [0.4, 0.5) is 0 Å². The average Bonchev–Trinajstić information content (AvgIpc) is 3.37. The predicted molar refractivity (Wildman–Crippen MR) is 116 cm³/mol. The summed E-state index contributed by atoms with van der Waals surface area (Å²) in [6, 6.07) is 6.41. The molecule has 34 heavy (non-hydrogen) atoms. The highest BCUT2D eigenvalue weighted by molar-refractivity contribution is 5.99. The summed E-state index contributed by atoms with van der Waals surface area (Å²) in [5, 5.41) is 18.0. The number of carbonyl (C=O) groups excluding carboxylic acids is 3. The lowest BCUT2D eigenvalue weighted by molar-refractivity contribution is -0.153. The normalized spacial score (nSPS) is 32.4. The van der Waals surface area contributed by atoms with Crippen molar-refractivity contribution in [1.82, 2.24) is 24.8 Å². The van der Waals surface area contributed by atoms with Gasteiger partial charge >= 0.3 is 5.97 Å². The predicted octanol–water partition coefficient (Wildman–Crippen LogP) is -0.527. The van der Waals surface area contributed by atoms with E-state index in [0.29, 0.717) is 5.52 Å². The minimum absolute atomic E-state index is 0.0486. The van der Waals surface area contributed by atoms with Gasteiger partial charge in [0.2, 0.25) is 5.91 Å². The Bertz CT molecular complexity index is 1240. The van der Waals surface area contributed by atoms with Gasteiger partial charge in [-0.25, -0.2) is 4.68 Å². The first-order valence-electron chi connectivity index (χ1n) is 11.2. The second kappa shape index (κ2) is 7.74. The highest BCUT2D eigenvalue weighted by atomic mass is 16.6. The Balaban J connectivity index is 1.40. The van der Waals surface area contributed by atoms with Crippen LogP contribution in [0.25, 0.3) is 11.0 Å². The van der Waals surface area contributed by atoms with Crippen LogP contribution in [0.1, 0.15) is 0 Å². The number of fused-ring (bicyclic) bond motifs is 3. The molecule has 0 bridgehead atoms. The third-order valence-electron chi connectivity index (χ3n) is 7.06. The maximum atomic E-state index is 13.9. The number of aromatic nitrogens is 3. The Morgan fingerprint density at radius 3 is 2.85 bits per heavy atom. The zero-order valence-electron chi connectivity index (χ0n) is 18.2. The standard InChI is InChI=1S/C23H23N5O6/c29-11-10-27-19-21(31)26(13-28-15-6-2-1-5-14(15)24-25-28)9-4-8-23(19)18(20(27)30)17-16(34-23)7-3-12-33-22(17)32/h1-8,16-19,29H,9-13H2/t16-,17+,18+,19?,23+/m1/s1. The summed E-state index contributed by atoms with van der Waals surface area (Å²) >= 11 is 0. The van der Waals surface area contributed by atoms with Gasteiger partial charge in [-0.3, -0.25) is 14.4 Å². The van der Waals surface area contributed by atoms with Crippen LogP contribution in [0, 0.1) is 11.8 Å². The maximum Gasteiger partial charge on any atom is 0.313 e. The Labute approximate surface area is 194 Å². The molecule has 2 aromatic rings. The van der Waals surface area contributed by atoms with E-state index in [0.717, 1.165) is 5.52 Å². The molecule has 176 valence electrons. The van der Waals surface area contributed by atoms with Crippen molar-refractivity contribution in [3.05, 3.63) is 48.6 Å². The van der Waals surface area contributed by atoms with Crippen LogP contribution in [-0.4, -0.2) is 91.7 Å². The van der Waals surface area contributed by atoms with Crippen molar-refractivity contribution < 1.29 is 29.0 Å². The van der Waals surface area contributed by atoms with E-state index in [4.69, 9.17) is 9.47 Å². The highest BCUT2D eigenvalue weighted by Gasteiger charge is 2.71. The summed E-state index contributed by atoms with van der Waals surface area (Å²) in [4.78, 5) is 43.2. The maximum absolute atomic E-state index is 13.9. The number of ether oxygens (including phenoxy) is 2. The number of hydrogen-bond acceptors (Lipinski definition) is 8. The molecule has 5 atom stereocenters. The van der Waals surface area contributed by atoms with Crippen LogP contribution in [0.3, 0.4) is 0 Å². The van der Waals surface area contributed by atoms with Crippen LogP contribution in [-0.2, 0) is 30.5 Å². The number of cyclic esters (lactones) is 1. The topological polar surface area (TPSA) is 127 Å². The molecule has 1 aromatic heterocycles. The number of esters is 1. The summed E-state index contributed by atoms with van der Waals surface area (Å²) in [5.74, 6) is -3.05. The number of hydrogen-bond donors (Lipinski definition) is 1. The van der Waals surface area contributed by atoms with Gasteiger partial charge in [-0.15, -0.1) is 5.10 Å². The molecule has 1 N–H and O–H groups in total. The van der Waals surface area contributed by atoms with E-state index in [1.807, 2.05) is 24.3 Å². The van der Waals surface area contributed by atoms with Crippen LogP contribution in [0.15, 0.2) is 48.6 Å². The second-order valence-electron chi connectivity index (χ2n) is 8.84. The van der Waals surface area contributed by atoms with Crippen molar-refractivity contribution in [3.63, 3.8) is 0 Å². The Hall–Kier alpha value is -3.57. The quantitative estimate of drug-likeness (QED) is 0.472. The van der Waals surface area contributed by atoms with Gasteiger partial charge in [-0.05, 0) is 18.2 Å². The van der Waals surface area contributed by atoms with Crippen LogP contribution < -0.4 is 0 Å². The molecule has 2 saturated heterocycles. The van der Waals surface area contributed by atoms with E-state index in [1.54, 1.807) is 33.9 Å². The number of para-hydroxylation sites is 1. The molecule has 6 rings (SSSR count). The molecular weight excluding hydrogens is 442 g/mol. The molecule has 0 saturated carbocycles. The van der Waals surface area contributed by atoms with Gasteiger partial charge in [0.05, 0.1) is 24.1 Å². The number of likely N-dealkylation sites (tertiary alicyclic amines) is 1. The molecule has 1 spiro atoms. The van der Waals surface area contributed by atoms with Gasteiger partial charge < -0.3 is 24.4 Å². The van der Waals surface area contributed by atoms with Crippen LogP contribution in [0.2, 0.25) is 0 Å². The lowest BCUT2D eigenvalue weighted by atomic mass is 9.78. The molecule has 0 radical (unpaired) electrons. The monoisotopic (exact) mass is 465 g/mol. The summed E-state index contributed by atoms with van der Waals surface area (Å²) in [6.45, 7) is 0.123. The molecular formula is C23H23N5O6. The fourth-order valence-electron chi connectivity index (χ4n) is 5.67. The number of rotatable bonds is 4. The summed E-state index contributed by atoms with van der Waals surface area (Å²) in [6.07, 6.45) is 6.28. The minimum atomic E-state index is -1.33. The van der Waals surface area contributed by atoms with E-state index in [9.17, 15) is 19.5 Å². The third kappa shape index (κ3) is 2.86. The first-order chi connectivity index (χ1) is 16.5. The molecule has 1 unspecified atom stereocenters. The fraction of sp³-hybridized carbons (Fsp3) is 0.435. The molecule has 5 heterocycles. The van der Waals surface area contributed by atoms with Gasteiger partial charge in [-0.1, -0.05) is 35.6 Å². The number of nitrogens with zero attached hydrogens (tertiary/aromatic N) is 5. The number of carbonyl (C=O) groups is 3. The average molecular weight is 465 g/mol. The van der Waals surface area contributed by atoms with E-state index in [1.165, 1.54) is 4.90 Å². The highest BCUT2D eigenvalue weighted by Crippen LogP contribution is 2.53. The Morgan fingerprint density at radius 2 is 2.00 bits per heavy atom. The number of aliphatic hydroxyl groups is 1. The van der Waals surface area contributed by atoms with Gasteiger partial charge in [-0.2, -0.15) is 0 Å². The van der Waals surface area contributed by atoms with Gasteiger partial charge in [0, 0.05) is 13.1 Å². The van der Waals surface area contributed by atoms with Gasteiger partial charge in [0.15, 0.2) is 0 Å². The van der Waals surface area contributed by atoms with E-state index < -0.39 is 41.5 Å². The molecule has 4 aliphatic rings. The van der Waals surface area contributed by atoms with Gasteiger partial charge in [0.1, 0.15) is 36.4 Å². The number of β-amino-alcohol motifs (C(OH)–C–C–N with tert-alkyl or cyclic N) is 1. The van der Waals surface area contributed by atoms with Crippen molar-refractivity contribution in [1.29, 1.82) is 0 Å². The number of benzene rings is 1. The summed E-state index contributed by atoms with van der Waals surface area (Å²) in [7, 11) is 0. The molecule has 11 nitrogen and oxygen atoms in total. The molecule has 0 aliphatic carbocycles. The smallest absolute Gasteiger partial charge is 0.313 e. The largest absolute Gasteiger partial charge is 0.461 e. The lowest BCUT2D eigenvalue weighted by Crippen LogP contribution is -2.55. The minimum Gasteiger partial charge on any atom is -0.461 e. The van der Waals surface area contributed by atoms with E-state index in [2.05, 4.69) is 10.3 Å². The molecule has 11 heteroatoms. The van der Waals surface area contributed by atoms with Crippen molar-refractivity contribution in [2.75, 3.05) is 26.3 Å². The van der Waals surface area contributed by atoms with E-state index >= 15 is 0 Å². The number of aliphatic hydroxyl groups excluding tert-OH is 1. The fourth-order valence-corrected chi connectivity index (χ4v) is 5.67. The Kier molecular flexibility index (Phi) is 4.78. The van der Waals surface area contributed by atoms with Crippen molar-refractivity contribution >= 4 is 28.8 Å². The number of amides is 2. The van der Waals surface area contributed by atoms with E-state index in [-0.39, 0.29) is 38.9 Å². The second-order valence-corrected chi connectivity index (χ2v) is 8.84. The molecule has 4 aliphatic heterocycles. The summed E-state index contributed by atoms with van der Waals surface area (Å²) < 4.78 is 13.3. The summed E-state index contributed by atoms with van der Waals surface area (Å²) in [5.41, 5.74) is 0.149. The van der Waals surface area contributed by atoms with Crippen molar-refractivity contribution in [2.45, 2.75) is 24.4 Å². The molecule has 2 fully saturated rings. The first kappa shape index (κ1) is 21.0. The molecule has 2 amide bonds. The zero-order chi connectivity index (χ0) is 23.4. The van der Waals surface area contributed by atoms with Crippen molar-refractivity contribution in [2.24, 2.45) is 11.8 Å². The lowest BCUT2D eigenvalue weighted by Gasteiger charge is -2.35. The SMILES string of the molecule is O=C1OCC=C[C@H]2O[C@]34C=CCN(Cn5nnc6ccccc65)C(=O)C3N(CCO)C(=O)[C@@H]4[C@@H]12. The van der Waals surface area contributed by atoms with Crippen molar-refractivity contribution in [3.8, 4) is 0 Å². The third-order valence-corrected chi connectivity index (χ3v) is 7.06.